The predicted molar refractivity (Wildman–Crippen MR) is 63.8 cm³/mol. The zero-order chi connectivity index (χ0) is 11.5. The van der Waals surface area contributed by atoms with Crippen LogP contribution in [0.2, 0.25) is 0 Å². The molecule has 0 radical (unpaired) electrons. The first-order chi connectivity index (χ1) is 7.76. The lowest BCUT2D eigenvalue weighted by atomic mass is 10.3. The van der Waals surface area contributed by atoms with Gasteiger partial charge in [0.15, 0.2) is 0 Å². The summed E-state index contributed by atoms with van der Waals surface area (Å²) in [5, 5.41) is 0. The van der Waals surface area contributed by atoms with Gasteiger partial charge in [-0.1, -0.05) is 0 Å². The number of thioether (sulfide) groups is 1. The SMILES string of the molecule is COC(=O)c1ccc2ncc(CSC)n2c1. The number of hydrogen-bond acceptors (Lipinski definition) is 4. The lowest BCUT2D eigenvalue weighted by Gasteiger charge is -2.02. The van der Waals surface area contributed by atoms with Gasteiger partial charge in [-0.25, -0.2) is 9.78 Å². The van der Waals surface area contributed by atoms with Crippen LogP contribution in [0.15, 0.2) is 24.5 Å². The Morgan fingerprint density at radius 2 is 2.38 bits per heavy atom. The number of rotatable bonds is 3. The molecule has 0 unspecified atom stereocenters. The minimum atomic E-state index is -0.328. The Balaban J connectivity index is 2.49. The van der Waals surface area contributed by atoms with E-state index in [1.807, 2.05) is 22.9 Å². The first-order valence-corrected chi connectivity index (χ1v) is 6.19. The molecule has 5 heteroatoms. The van der Waals surface area contributed by atoms with Gasteiger partial charge in [0.25, 0.3) is 0 Å². The molecule has 0 aromatic carbocycles. The highest BCUT2D eigenvalue weighted by Crippen LogP contribution is 2.13. The second kappa shape index (κ2) is 4.57. The molecule has 0 fully saturated rings. The number of pyridine rings is 1. The van der Waals surface area contributed by atoms with Crippen molar-refractivity contribution in [3.63, 3.8) is 0 Å². The molecule has 0 spiro atoms. The highest BCUT2D eigenvalue weighted by molar-refractivity contribution is 7.97. The van der Waals surface area contributed by atoms with E-state index >= 15 is 0 Å². The molecule has 2 heterocycles. The Kier molecular flexibility index (Phi) is 3.14. The van der Waals surface area contributed by atoms with Crippen LogP contribution in [0.25, 0.3) is 5.65 Å². The number of carbonyl (C=O) groups excluding carboxylic acids is 1. The number of fused-ring (bicyclic) bond motifs is 1. The summed E-state index contributed by atoms with van der Waals surface area (Å²) < 4.78 is 6.60. The molecule has 0 saturated heterocycles. The molecule has 0 aliphatic carbocycles. The number of esters is 1. The zero-order valence-corrected chi connectivity index (χ0v) is 9.95. The Labute approximate surface area is 97.6 Å². The molecule has 2 aromatic heterocycles. The highest BCUT2D eigenvalue weighted by atomic mass is 32.2. The quantitative estimate of drug-likeness (QED) is 0.764. The van der Waals surface area contributed by atoms with Crippen molar-refractivity contribution < 1.29 is 9.53 Å². The van der Waals surface area contributed by atoms with Gasteiger partial charge in [-0.2, -0.15) is 11.8 Å². The average molecular weight is 236 g/mol. The summed E-state index contributed by atoms with van der Waals surface area (Å²) in [6, 6.07) is 3.53. The fraction of sp³-hybridized carbons (Fsp3) is 0.273. The van der Waals surface area contributed by atoms with Crippen LogP contribution >= 0.6 is 11.8 Å². The van der Waals surface area contributed by atoms with Gasteiger partial charge in [0.1, 0.15) is 5.65 Å². The summed E-state index contributed by atoms with van der Waals surface area (Å²) in [6.45, 7) is 0. The van der Waals surface area contributed by atoms with E-state index in [0.717, 1.165) is 17.1 Å². The van der Waals surface area contributed by atoms with E-state index in [1.165, 1.54) is 7.11 Å². The summed E-state index contributed by atoms with van der Waals surface area (Å²) >= 11 is 1.72. The standard InChI is InChI=1S/C11H12N2O2S/c1-15-11(14)8-3-4-10-12-5-9(7-16-2)13(10)6-8/h3-6H,7H2,1-2H3. The van der Waals surface area contributed by atoms with E-state index in [4.69, 9.17) is 0 Å². The summed E-state index contributed by atoms with van der Waals surface area (Å²) in [5.41, 5.74) is 2.46. The fourth-order valence-corrected chi connectivity index (χ4v) is 2.03. The van der Waals surface area contributed by atoms with Crippen molar-refractivity contribution in [2.75, 3.05) is 13.4 Å². The molecule has 0 amide bonds. The molecule has 0 atom stereocenters. The molecule has 2 rings (SSSR count). The maximum atomic E-state index is 11.4. The number of carbonyl (C=O) groups is 1. The minimum Gasteiger partial charge on any atom is -0.465 e. The normalized spacial score (nSPS) is 10.6. The molecule has 2 aromatic rings. The zero-order valence-electron chi connectivity index (χ0n) is 9.14. The summed E-state index contributed by atoms with van der Waals surface area (Å²) in [5.74, 6) is 0.539. The number of aromatic nitrogens is 2. The lowest BCUT2D eigenvalue weighted by molar-refractivity contribution is 0.0600. The van der Waals surface area contributed by atoms with E-state index in [0.29, 0.717) is 5.56 Å². The molecule has 0 bridgehead atoms. The second-order valence-corrected chi connectivity index (χ2v) is 4.19. The number of ether oxygens (including phenoxy) is 1. The van der Waals surface area contributed by atoms with Crippen molar-refractivity contribution >= 4 is 23.4 Å². The molecule has 0 saturated carbocycles. The van der Waals surface area contributed by atoms with Gasteiger partial charge in [-0.15, -0.1) is 0 Å². The Hall–Kier alpha value is -1.49. The topological polar surface area (TPSA) is 43.6 Å². The van der Waals surface area contributed by atoms with Crippen molar-refractivity contribution in [1.82, 2.24) is 9.38 Å². The number of imidazole rings is 1. The van der Waals surface area contributed by atoms with E-state index in [1.54, 1.807) is 24.0 Å². The average Bonchev–Trinajstić information content (AvgIpc) is 2.71. The fourth-order valence-electron chi connectivity index (χ4n) is 1.52. The summed E-state index contributed by atoms with van der Waals surface area (Å²) in [6.07, 6.45) is 5.62. The van der Waals surface area contributed by atoms with E-state index in [9.17, 15) is 4.79 Å². The van der Waals surface area contributed by atoms with Crippen LogP contribution in [-0.2, 0) is 10.5 Å². The third-order valence-electron chi connectivity index (χ3n) is 2.30. The van der Waals surface area contributed by atoms with Crippen LogP contribution in [-0.4, -0.2) is 28.7 Å². The third kappa shape index (κ3) is 1.90. The molecule has 0 N–H and O–H groups in total. The van der Waals surface area contributed by atoms with Gasteiger partial charge in [0, 0.05) is 11.9 Å². The van der Waals surface area contributed by atoms with Gasteiger partial charge in [-0.3, -0.25) is 0 Å². The molecule has 4 nitrogen and oxygen atoms in total. The summed E-state index contributed by atoms with van der Waals surface area (Å²) in [7, 11) is 1.38. The van der Waals surface area contributed by atoms with Gasteiger partial charge in [0.05, 0.1) is 24.6 Å². The largest absolute Gasteiger partial charge is 0.465 e. The number of nitrogens with zero attached hydrogens (tertiary/aromatic N) is 2. The third-order valence-corrected chi connectivity index (χ3v) is 2.88. The first kappa shape index (κ1) is 11.0. The maximum absolute atomic E-state index is 11.4. The van der Waals surface area contributed by atoms with Gasteiger partial charge < -0.3 is 9.14 Å². The first-order valence-electron chi connectivity index (χ1n) is 4.79. The van der Waals surface area contributed by atoms with Crippen LogP contribution in [0.3, 0.4) is 0 Å². The van der Waals surface area contributed by atoms with Crippen LogP contribution in [0.5, 0.6) is 0 Å². The molecule has 0 aliphatic heterocycles. The molecular weight excluding hydrogens is 224 g/mol. The van der Waals surface area contributed by atoms with Gasteiger partial charge in [0.2, 0.25) is 0 Å². The molecule has 0 aliphatic rings. The van der Waals surface area contributed by atoms with Crippen LogP contribution in [0, 0.1) is 0 Å². The van der Waals surface area contributed by atoms with Crippen molar-refractivity contribution in [1.29, 1.82) is 0 Å². The lowest BCUT2D eigenvalue weighted by Crippen LogP contribution is -2.03. The maximum Gasteiger partial charge on any atom is 0.339 e. The summed E-state index contributed by atoms with van der Waals surface area (Å²) in [4.78, 5) is 15.6. The predicted octanol–water partition coefficient (Wildman–Crippen LogP) is 1.98. The Morgan fingerprint density at radius 3 is 3.06 bits per heavy atom. The van der Waals surface area contributed by atoms with Crippen molar-refractivity contribution in [2.45, 2.75) is 5.75 Å². The van der Waals surface area contributed by atoms with E-state index < -0.39 is 0 Å². The highest BCUT2D eigenvalue weighted by Gasteiger charge is 2.08. The number of methoxy groups -OCH3 is 1. The molecular formula is C11H12N2O2S. The van der Waals surface area contributed by atoms with Crippen LogP contribution in [0.1, 0.15) is 16.1 Å². The molecule has 84 valence electrons. The minimum absolute atomic E-state index is 0.328. The van der Waals surface area contributed by atoms with Crippen molar-refractivity contribution in [3.8, 4) is 0 Å². The van der Waals surface area contributed by atoms with Crippen molar-refractivity contribution in [3.05, 3.63) is 35.8 Å². The van der Waals surface area contributed by atoms with Crippen molar-refractivity contribution in [2.24, 2.45) is 0 Å². The Morgan fingerprint density at radius 1 is 1.56 bits per heavy atom. The van der Waals surface area contributed by atoms with Gasteiger partial charge in [-0.05, 0) is 18.4 Å². The smallest absolute Gasteiger partial charge is 0.339 e. The van der Waals surface area contributed by atoms with Gasteiger partial charge >= 0.3 is 5.97 Å². The molecule has 16 heavy (non-hydrogen) atoms. The van der Waals surface area contributed by atoms with E-state index in [2.05, 4.69) is 9.72 Å². The second-order valence-electron chi connectivity index (χ2n) is 3.32. The van der Waals surface area contributed by atoms with Crippen LogP contribution < -0.4 is 0 Å². The monoisotopic (exact) mass is 236 g/mol. The Bertz CT molecular complexity index is 522. The van der Waals surface area contributed by atoms with E-state index in [-0.39, 0.29) is 5.97 Å². The van der Waals surface area contributed by atoms with Crippen LogP contribution in [0.4, 0.5) is 0 Å². The number of hydrogen-bond donors (Lipinski definition) is 0.